The number of imide groups is 1. The molecule has 0 saturated carbocycles. The van der Waals surface area contributed by atoms with Crippen LogP contribution in [-0.4, -0.2) is 64.9 Å². The lowest BCUT2D eigenvalue weighted by Crippen LogP contribution is -2.63. The standard InChI is InChI=1S/C19H23ClN6O2/c1-10-5-6-13(9-14(10)20)21-7-8-25-11(2)12(3)26-15-16(22-18(25)26)24(4)19(28)23-17(15)27/h5-6,9,15-16,21H,7-8H2,1-4H3,(H,23,27,28). The first-order valence-electron chi connectivity index (χ1n) is 9.19. The zero-order chi connectivity index (χ0) is 20.2. The first kappa shape index (κ1) is 18.6. The molecule has 3 heterocycles. The van der Waals surface area contributed by atoms with E-state index >= 15 is 0 Å². The summed E-state index contributed by atoms with van der Waals surface area (Å²) in [6, 6.07) is 4.95. The lowest BCUT2D eigenvalue weighted by molar-refractivity contribution is -0.126. The smallest absolute Gasteiger partial charge is 0.325 e. The highest BCUT2D eigenvalue weighted by Gasteiger charge is 2.52. The molecule has 148 valence electrons. The fraction of sp³-hybridized carbons (Fsp3) is 0.421. The van der Waals surface area contributed by atoms with Crippen molar-refractivity contribution in [3.8, 4) is 0 Å². The molecular weight excluding hydrogens is 380 g/mol. The average Bonchev–Trinajstić information content (AvgIpc) is 3.15. The number of nitrogens with one attached hydrogen (secondary N) is 2. The third kappa shape index (κ3) is 2.79. The fourth-order valence-electron chi connectivity index (χ4n) is 3.81. The highest BCUT2D eigenvalue weighted by atomic mass is 35.5. The Hall–Kier alpha value is -2.74. The second kappa shape index (κ2) is 6.70. The maximum absolute atomic E-state index is 12.5. The van der Waals surface area contributed by atoms with Crippen molar-refractivity contribution in [2.45, 2.75) is 33.0 Å². The Morgan fingerprint density at radius 3 is 2.68 bits per heavy atom. The molecule has 28 heavy (non-hydrogen) atoms. The van der Waals surface area contributed by atoms with E-state index in [1.807, 2.05) is 43.9 Å². The van der Waals surface area contributed by atoms with E-state index in [4.69, 9.17) is 16.6 Å². The van der Waals surface area contributed by atoms with E-state index in [0.29, 0.717) is 19.0 Å². The third-order valence-electron chi connectivity index (χ3n) is 5.61. The molecule has 1 fully saturated rings. The van der Waals surface area contributed by atoms with Gasteiger partial charge in [-0.25, -0.2) is 9.79 Å². The highest BCUT2D eigenvalue weighted by Crippen LogP contribution is 2.35. The molecule has 9 heteroatoms. The summed E-state index contributed by atoms with van der Waals surface area (Å²) in [5.74, 6) is 0.402. The van der Waals surface area contributed by atoms with Crippen molar-refractivity contribution in [3.05, 3.63) is 40.2 Å². The minimum atomic E-state index is -0.526. The van der Waals surface area contributed by atoms with E-state index in [1.54, 1.807) is 7.05 Å². The number of nitrogens with zero attached hydrogens (tertiary/aromatic N) is 4. The molecule has 0 aromatic heterocycles. The Morgan fingerprint density at radius 1 is 1.21 bits per heavy atom. The topological polar surface area (TPSA) is 80.3 Å². The number of likely N-dealkylation sites (N-methyl/N-ethyl adjacent to an activating group) is 1. The molecular formula is C19H23ClN6O2. The number of carbonyl (C=O) groups is 2. The minimum absolute atomic E-state index is 0.312. The van der Waals surface area contributed by atoms with Crippen LogP contribution in [0.1, 0.15) is 19.4 Å². The molecule has 1 aromatic rings. The second-order valence-electron chi connectivity index (χ2n) is 7.28. The quantitative estimate of drug-likeness (QED) is 0.806. The van der Waals surface area contributed by atoms with Crippen LogP contribution >= 0.6 is 11.6 Å². The van der Waals surface area contributed by atoms with Crippen molar-refractivity contribution in [2.24, 2.45) is 4.99 Å². The Kier molecular flexibility index (Phi) is 4.45. The van der Waals surface area contributed by atoms with Crippen LogP contribution in [0.25, 0.3) is 0 Å². The van der Waals surface area contributed by atoms with Crippen LogP contribution in [0.3, 0.4) is 0 Å². The van der Waals surface area contributed by atoms with Crippen molar-refractivity contribution in [2.75, 3.05) is 25.5 Å². The van der Waals surface area contributed by atoms with E-state index < -0.39 is 18.2 Å². The van der Waals surface area contributed by atoms with Gasteiger partial charge in [-0.05, 0) is 38.5 Å². The largest absolute Gasteiger partial charge is 0.383 e. The van der Waals surface area contributed by atoms with Crippen molar-refractivity contribution in [3.63, 3.8) is 0 Å². The number of guanidine groups is 1. The number of carbonyl (C=O) groups excluding carboxylic acids is 2. The molecule has 4 rings (SSSR count). The van der Waals surface area contributed by atoms with E-state index in [0.717, 1.165) is 27.7 Å². The number of amides is 3. The Morgan fingerprint density at radius 2 is 1.96 bits per heavy atom. The fourth-order valence-corrected chi connectivity index (χ4v) is 3.99. The lowest BCUT2D eigenvalue weighted by Gasteiger charge is -2.35. The molecule has 0 aliphatic carbocycles. The van der Waals surface area contributed by atoms with Crippen molar-refractivity contribution in [1.82, 2.24) is 20.0 Å². The second-order valence-corrected chi connectivity index (χ2v) is 7.68. The van der Waals surface area contributed by atoms with Gasteiger partial charge in [0.2, 0.25) is 5.96 Å². The first-order chi connectivity index (χ1) is 13.3. The molecule has 1 saturated heterocycles. The summed E-state index contributed by atoms with van der Waals surface area (Å²) in [6.07, 6.45) is -0.509. The van der Waals surface area contributed by atoms with Gasteiger partial charge in [0, 0.05) is 42.2 Å². The van der Waals surface area contributed by atoms with Gasteiger partial charge in [0.25, 0.3) is 5.91 Å². The summed E-state index contributed by atoms with van der Waals surface area (Å²) in [4.78, 5) is 34.6. The van der Waals surface area contributed by atoms with E-state index in [1.165, 1.54) is 4.90 Å². The van der Waals surface area contributed by atoms with Crippen LogP contribution in [-0.2, 0) is 4.79 Å². The third-order valence-corrected chi connectivity index (χ3v) is 6.01. The number of aliphatic imine (C=N–C) groups is 1. The van der Waals surface area contributed by atoms with Crippen LogP contribution in [0.5, 0.6) is 0 Å². The molecule has 3 amide bonds. The predicted octanol–water partition coefficient (Wildman–Crippen LogP) is 2.18. The summed E-state index contributed by atoms with van der Waals surface area (Å²) in [6.45, 7) is 7.31. The van der Waals surface area contributed by atoms with Gasteiger partial charge in [-0.1, -0.05) is 17.7 Å². The van der Waals surface area contributed by atoms with Crippen LogP contribution in [0, 0.1) is 6.92 Å². The minimum Gasteiger partial charge on any atom is -0.383 e. The lowest BCUT2D eigenvalue weighted by atomic mass is 10.1. The van der Waals surface area contributed by atoms with E-state index in [9.17, 15) is 9.59 Å². The predicted molar refractivity (Wildman–Crippen MR) is 108 cm³/mol. The molecule has 3 aliphatic heterocycles. The molecule has 2 atom stereocenters. The van der Waals surface area contributed by atoms with Gasteiger partial charge in [0.05, 0.1) is 0 Å². The number of fused-ring (bicyclic) bond motifs is 3. The summed E-state index contributed by atoms with van der Waals surface area (Å²) in [5, 5.41) is 6.51. The van der Waals surface area contributed by atoms with Crippen molar-refractivity contribution < 1.29 is 9.59 Å². The SMILES string of the molecule is CC1=C(C)N2C(=NC3C2C(=O)NC(=O)N3C)N1CCNc1ccc(C)c(Cl)c1. The highest BCUT2D eigenvalue weighted by molar-refractivity contribution is 6.31. The van der Waals surface area contributed by atoms with Crippen LogP contribution in [0.15, 0.2) is 34.6 Å². The Labute approximate surface area is 168 Å². The number of benzene rings is 1. The Bertz CT molecular complexity index is 927. The van der Waals surface area contributed by atoms with Gasteiger partial charge in [-0.3, -0.25) is 15.0 Å². The van der Waals surface area contributed by atoms with Gasteiger partial charge in [-0.15, -0.1) is 0 Å². The van der Waals surface area contributed by atoms with E-state index in [-0.39, 0.29) is 5.91 Å². The number of hydrogen-bond donors (Lipinski definition) is 2. The molecule has 8 nitrogen and oxygen atoms in total. The summed E-state index contributed by atoms with van der Waals surface area (Å²) in [5.41, 5.74) is 4.02. The molecule has 1 aromatic carbocycles. The van der Waals surface area contributed by atoms with E-state index in [2.05, 4.69) is 15.5 Å². The van der Waals surface area contributed by atoms with Gasteiger partial charge in [-0.2, -0.15) is 0 Å². The molecule has 2 unspecified atom stereocenters. The number of hydrogen-bond acceptors (Lipinski definition) is 6. The molecule has 3 aliphatic rings. The average molecular weight is 403 g/mol. The molecule has 0 spiro atoms. The van der Waals surface area contributed by atoms with Crippen LogP contribution in [0.2, 0.25) is 5.02 Å². The number of halogens is 1. The van der Waals surface area contributed by atoms with Gasteiger partial charge in [0.1, 0.15) is 0 Å². The Balaban J connectivity index is 1.51. The number of anilines is 1. The van der Waals surface area contributed by atoms with Crippen LogP contribution < -0.4 is 10.6 Å². The maximum Gasteiger partial charge on any atom is 0.325 e. The van der Waals surface area contributed by atoms with Crippen molar-refractivity contribution in [1.29, 1.82) is 0 Å². The number of urea groups is 1. The van der Waals surface area contributed by atoms with Crippen molar-refractivity contribution >= 4 is 35.2 Å². The zero-order valence-corrected chi connectivity index (χ0v) is 17.0. The maximum atomic E-state index is 12.5. The molecule has 0 bridgehead atoms. The molecule has 0 radical (unpaired) electrons. The van der Waals surface area contributed by atoms with Gasteiger partial charge < -0.3 is 15.1 Å². The summed E-state index contributed by atoms with van der Waals surface area (Å²) >= 11 is 6.19. The number of allylic oxidation sites excluding steroid dienone is 2. The summed E-state index contributed by atoms with van der Waals surface area (Å²) in [7, 11) is 1.66. The number of aryl methyl sites for hydroxylation is 1. The normalized spacial score (nSPS) is 23.8. The zero-order valence-electron chi connectivity index (χ0n) is 16.3. The van der Waals surface area contributed by atoms with Gasteiger partial charge >= 0.3 is 6.03 Å². The monoisotopic (exact) mass is 402 g/mol. The first-order valence-corrected chi connectivity index (χ1v) is 9.57. The molecule has 2 N–H and O–H groups in total. The summed E-state index contributed by atoms with van der Waals surface area (Å²) < 4.78 is 0. The number of rotatable bonds is 4. The van der Waals surface area contributed by atoms with Crippen LogP contribution in [0.4, 0.5) is 10.5 Å². The van der Waals surface area contributed by atoms with Gasteiger partial charge in [0.15, 0.2) is 12.2 Å².